The van der Waals surface area contributed by atoms with E-state index in [4.69, 9.17) is 4.42 Å². The number of Topliss-reactive ketones (excluding diaryl/α,β-unsaturated/α-hetero) is 1. The molecule has 0 saturated carbocycles. The van der Waals surface area contributed by atoms with Gasteiger partial charge in [-0.05, 0) is 36.8 Å². The van der Waals surface area contributed by atoms with Gasteiger partial charge in [-0.3, -0.25) is 4.79 Å². The first-order valence-corrected chi connectivity index (χ1v) is 5.06. The van der Waals surface area contributed by atoms with Crippen molar-refractivity contribution in [3.05, 3.63) is 47.2 Å². The van der Waals surface area contributed by atoms with Crippen LogP contribution in [0.15, 0.2) is 28.7 Å². The van der Waals surface area contributed by atoms with Crippen LogP contribution in [0.1, 0.15) is 23.0 Å². The molecule has 1 aromatic carbocycles. The van der Waals surface area contributed by atoms with Crippen molar-refractivity contribution in [3.63, 3.8) is 0 Å². The summed E-state index contributed by atoms with van der Waals surface area (Å²) in [5, 5.41) is 0. The summed E-state index contributed by atoms with van der Waals surface area (Å²) in [7, 11) is 0. The van der Waals surface area contributed by atoms with Gasteiger partial charge in [0.15, 0.2) is 11.5 Å². The van der Waals surface area contributed by atoms with Crippen molar-refractivity contribution in [2.24, 2.45) is 0 Å². The van der Waals surface area contributed by atoms with Crippen molar-refractivity contribution in [1.82, 2.24) is 0 Å². The number of ketones is 1. The molecule has 88 valence electrons. The zero-order valence-electron chi connectivity index (χ0n) is 9.38. The first-order chi connectivity index (χ1) is 7.99. The maximum Gasteiger partial charge on any atom is 0.194 e. The van der Waals surface area contributed by atoms with Gasteiger partial charge in [0.25, 0.3) is 0 Å². The first kappa shape index (κ1) is 11.5. The molecule has 17 heavy (non-hydrogen) atoms. The van der Waals surface area contributed by atoms with Crippen LogP contribution in [-0.4, -0.2) is 5.78 Å². The summed E-state index contributed by atoms with van der Waals surface area (Å²) < 4.78 is 32.1. The van der Waals surface area contributed by atoms with Gasteiger partial charge in [-0.15, -0.1) is 0 Å². The van der Waals surface area contributed by atoms with E-state index in [1.54, 1.807) is 0 Å². The third-order valence-corrected chi connectivity index (χ3v) is 2.47. The Labute approximate surface area is 96.9 Å². The molecule has 2 aromatic rings. The van der Waals surface area contributed by atoms with E-state index in [9.17, 15) is 13.6 Å². The fourth-order valence-electron chi connectivity index (χ4n) is 1.51. The molecule has 1 heterocycles. The maximum atomic E-state index is 13.6. The molecule has 2 rings (SSSR count). The molecule has 0 radical (unpaired) electrons. The fraction of sp³-hybridized carbons (Fsp3) is 0.154. The van der Waals surface area contributed by atoms with Gasteiger partial charge in [-0.2, -0.15) is 0 Å². The highest BCUT2D eigenvalue weighted by atomic mass is 19.1. The third kappa shape index (κ3) is 2.11. The summed E-state index contributed by atoms with van der Waals surface area (Å²) in [5.74, 6) is -1.08. The molecule has 0 amide bonds. The zero-order valence-corrected chi connectivity index (χ0v) is 9.38. The Morgan fingerprint density at radius 2 is 1.88 bits per heavy atom. The lowest BCUT2D eigenvalue weighted by molar-refractivity contribution is 0.0988. The Morgan fingerprint density at radius 3 is 2.47 bits per heavy atom. The van der Waals surface area contributed by atoms with E-state index in [0.29, 0.717) is 0 Å². The molecule has 0 aliphatic heterocycles. The van der Waals surface area contributed by atoms with Crippen molar-refractivity contribution in [3.8, 4) is 11.3 Å². The molecular weight excluding hydrogens is 226 g/mol. The van der Waals surface area contributed by atoms with Gasteiger partial charge in [0, 0.05) is 6.92 Å². The summed E-state index contributed by atoms with van der Waals surface area (Å²) in [4.78, 5) is 11.0. The van der Waals surface area contributed by atoms with Crippen molar-refractivity contribution < 1.29 is 18.0 Å². The molecular formula is C13H10F2O2. The summed E-state index contributed by atoms with van der Waals surface area (Å²) >= 11 is 0. The second kappa shape index (κ2) is 4.13. The molecule has 0 unspecified atom stereocenters. The number of carbonyl (C=O) groups is 1. The minimum Gasteiger partial charge on any atom is -0.453 e. The van der Waals surface area contributed by atoms with Crippen molar-refractivity contribution in [1.29, 1.82) is 0 Å². The van der Waals surface area contributed by atoms with Crippen LogP contribution in [0.5, 0.6) is 0 Å². The van der Waals surface area contributed by atoms with Gasteiger partial charge < -0.3 is 4.42 Å². The Hall–Kier alpha value is -1.97. The molecule has 0 spiro atoms. The van der Waals surface area contributed by atoms with Crippen LogP contribution in [0.2, 0.25) is 0 Å². The average molecular weight is 236 g/mol. The van der Waals surface area contributed by atoms with Crippen LogP contribution >= 0.6 is 0 Å². The van der Waals surface area contributed by atoms with Crippen LogP contribution in [0, 0.1) is 18.6 Å². The Kier molecular flexibility index (Phi) is 2.79. The van der Waals surface area contributed by atoms with Crippen molar-refractivity contribution in [2.45, 2.75) is 13.8 Å². The van der Waals surface area contributed by atoms with E-state index >= 15 is 0 Å². The van der Waals surface area contributed by atoms with Gasteiger partial charge in [0.2, 0.25) is 0 Å². The van der Waals surface area contributed by atoms with Gasteiger partial charge in [0.05, 0.1) is 5.56 Å². The number of benzene rings is 1. The summed E-state index contributed by atoms with van der Waals surface area (Å²) in [5.41, 5.74) is 0.241. The summed E-state index contributed by atoms with van der Waals surface area (Å²) in [6.07, 6.45) is 0. The highest BCUT2D eigenvalue weighted by molar-refractivity contribution is 5.91. The van der Waals surface area contributed by atoms with E-state index < -0.39 is 11.6 Å². The Bertz CT molecular complexity index is 585. The quantitative estimate of drug-likeness (QED) is 0.743. The normalized spacial score (nSPS) is 10.6. The minimum absolute atomic E-state index is 0.0144. The maximum absolute atomic E-state index is 13.6. The van der Waals surface area contributed by atoms with E-state index in [2.05, 4.69) is 0 Å². The molecule has 0 bridgehead atoms. The van der Waals surface area contributed by atoms with Crippen molar-refractivity contribution >= 4 is 5.78 Å². The molecule has 2 nitrogen and oxygen atoms in total. The fourth-order valence-corrected chi connectivity index (χ4v) is 1.51. The number of hydrogen-bond acceptors (Lipinski definition) is 2. The molecule has 0 saturated heterocycles. The number of furan rings is 1. The summed E-state index contributed by atoms with van der Waals surface area (Å²) in [6, 6.07) is 5.05. The van der Waals surface area contributed by atoms with Gasteiger partial charge in [-0.1, -0.05) is 0 Å². The van der Waals surface area contributed by atoms with Gasteiger partial charge in [0.1, 0.15) is 17.4 Å². The number of aryl methyl sites for hydroxylation is 1. The zero-order chi connectivity index (χ0) is 12.6. The Morgan fingerprint density at radius 1 is 1.18 bits per heavy atom. The van der Waals surface area contributed by atoms with Crippen LogP contribution in [0.25, 0.3) is 11.3 Å². The molecule has 0 N–H and O–H groups in total. The van der Waals surface area contributed by atoms with Crippen LogP contribution in [0.4, 0.5) is 8.78 Å². The molecule has 0 atom stereocenters. The lowest BCUT2D eigenvalue weighted by Crippen LogP contribution is -1.90. The topological polar surface area (TPSA) is 30.2 Å². The molecule has 0 aliphatic carbocycles. The molecule has 4 heteroatoms. The highest BCUT2D eigenvalue weighted by Crippen LogP contribution is 2.27. The number of halogens is 2. The van der Waals surface area contributed by atoms with Crippen LogP contribution in [-0.2, 0) is 0 Å². The molecule has 0 aliphatic rings. The second-order valence-electron chi connectivity index (χ2n) is 3.80. The van der Waals surface area contributed by atoms with Crippen LogP contribution < -0.4 is 0 Å². The SMILES string of the molecule is CC(=O)c1ccc(-c2cc(F)c(C)cc2F)o1. The standard InChI is InChI=1S/C13H10F2O2/c1-7-5-11(15)9(6-10(7)14)13-4-3-12(17-13)8(2)16/h3-6H,1-2H3. The summed E-state index contributed by atoms with van der Waals surface area (Å²) in [6.45, 7) is 2.82. The minimum atomic E-state index is -0.576. The van der Waals surface area contributed by atoms with Crippen LogP contribution in [0.3, 0.4) is 0 Å². The average Bonchev–Trinajstić information content (AvgIpc) is 2.72. The van der Waals surface area contributed by atoms with Gasteiger partial charge >= 0.3 is 0 Å². The lowest BCUT2D eigenvalue weighted by Gasteiger charge is -2.02. The number of carbonyl (C=O) groups excluding carboxylic acids is 1. The van der Waals surface area contributed by atoms with E-state index in [0.717, 1.165) is 12.1 Å². The second-order valence-corrected chi connectivity index (χ2v) is 3.80. The molecule has 1 aromatic heterocycles. The predicted octanol–water partition coefficient (Wildman–Crippen LogP) is 3.74. The predicted molar refractivity (Wildman–Crippen MR) is 58.8 cm³/mol. The molecule has 0 fully saturated rings. The highest BCUT2D eigenvalue weighted by Gasteiger charge is 2.14. The smallest absolute Gasteiger partial charge is 0.194 e. The van der Waals surface area contributed by atoms with E-state index in [1.165, 1.54) is 26.0 Å². The third-order valence-electron chi connectivity index (χ3n) is 2.47. The Balaban J connectivity index is 2.52. The van der Waals surface area contributed by atoms with Gasteiger partial charge in [-0.25, -0.2) is 8.78 Å². The van der Waals surface area contributed by atoms with E-state index in [1.807, 2.05) is 0 Å². The lowest BCUT2D eigenvalue weighted by atomic mass is 10.1. The first-order valence-electron chi connectivity index (χ1n) is 5.06. The van der Waals surface area contributed by atoms with E-state index in [-0.39, 0.29) is 28.4 Å². The number of hydrogen-bond donors (Lipinski definition) is 0. The monoisotopic (exact) mass is 236 g/mol. The van der Waals surface area contributed by atoms with Crippen molar-refractivity contribution in [2.75, 3.05) is 0 Å². The largest absolute Gasteiger partial charge is 0.453 e. The number of rotatable bonds is 2.